The molecule has 2 saturated heterocycles. The maximum atomic E-state index is 12.8. The van der Waals surface area contributed by atoms with Gasteiger partial charge in [-0.3, -0.25) is 4.90 Å². The fraction of sp³-hybridized carbons (Fsp3) is 0.381. The van der Waals surface area contributed by atoms with Gasteiger partial charge in [-0.25, -0.2) is 4.79 Å². The third kappa shape index (κ3) is 3.54. The highest BCUT2D eigenvalue weighted by atomic mass is 16.6. The zero-order valence-electron chi connectivity index (χ0n) is 14.4. The highest BCUT2D eigenvalue weighted by Crippen LogP contribution is 2.28. The number of piperazine rings is 1. The van der Waals surface area contributed by atoms with E-state index in [2.05, 4.69) is 4.90 Å². The molecule has 25 heavy (non-hydrogen) atoms. The maximum absolute atomic E-state index is 12.8. The van der Waals surface area contributed by atoms with Crippen molar-refractivity contribution in [2.24, 2.45) is 0 Å². The van der Waals surface area contributed by atoms with Crippen molar-refractivity contribution >= 4 is 6.09 Å². The van der Waals surface area contributed by atoms with E-state index in [-0.39, 0.29) is 12.2 Å². The Bertz CT molecular complexity index is 665. The molecule has 0 bridgehead atoms. The molecule has 0 aliphatic carbocycles. The molecule has 4 nitrogen and oxygen atoms in total. The molecule has 2 aromatic carbocycles. The fourth-order valence-electron chi connectivity index (χ4n) is 3.92. The number of amides is 1. The minimum atomic E-state index is -0.364. The van der Waals surface area contributed by atoms with Crippen molar-refractivity contribution in [2.45, 2.75) is 25.0 Å². The number of benzene rings is 2. The Morgan fingerprint density at radius 2 is 1.56 bits per heavy atom. The van der Waals surface area contributed by atoms with Crippen LogP contribution >= 0.6 is 0 Å². The van der Waals surface area contributed by atoms with Crippen LogP contribution in [0.25, 0.3) is 0 Å². The normalized spacial score (nSPS) is 20.5. The molecule has 0 N–H and O–H groups in total. The van der Waals surface area contributed by atoms with Crippen molar-refractivity contribution in [3.05, 3.63) is 71.8 Å². The van der Waals surface area contributed by atoms with E-state index in [1.807, 2.05) is 65.6 Å². The molecule has 2 heterocycles. The summed E-state index contributed by atoms with van der Waals surface area (Å²) in [4.78, 5) is 17.2. The molecule has 1 atom stereocenters. The van der Waals surface area contributed by atoms with E-state index in [9.17, 15) is 4.79 Å². The summed E-state index contributed by atoms with van der Waals surface area (Å²) in [6, 6.07) is 20.5. The predicted octanol–water partition coefficient (Wildman–Crippen LogP) is 3.69. The summed E-state index contributed by atoms with van der Waals surface area (Å²) in [5.74, 6) is 0. The van der Waals surface area contributed by atoms with Gasteiger partial charge in [0.25, 0.3) is 0 Å². The Hall–Kier alpha value is -2.33. The van der Waals surface area contributed by atoms with E-state index < -0.39 is 0 Å². The molecule has 2 aliphatic rings. The SMILES string of the molecule is O=C(OC(c1ccccc1)c1ccccc1)N1CCN2CCCC2C1. The van der Waals surface area contributed by atoms with Crippen LogP contribution in [-0.2, 0) is 4.74 Å². The van der Waals surface area contributed by atoms with Crippen molar-refractivity contribution < 1.29 is 9.53 Å². The predicted molar refractivity (Wildman–Crippen MR) is 97.4 cm³/mol. The fourth-order valence-corrected chi connectivity index (χ4v) is 3.92. The molecule has 130 valence electrons. The quantitative estimate of drug-likeness (QED) is 0.857. The third-order valence-corrected chi connectivity index (χ3v) is 5.27. The van der Waals surface area contributed by atoms with Gasteiger partial charge in [0.05, 0.1) is 0 Å². The summed E-state index contributed by atoms with van der Waals surface area (Å²) >= 11 is 0. The van der Waals surface area contributed by atoms with Gasteiger partial charge in [0.1, 0.15) is 0 Å². The highest BCUT2D eigenvalue weighted by Gasteiger charge is 2.34. The van der Waals surface area contributed by atoms with Crippen LogP contribution in [0.15, 0.2) is 60.7 Å². The second-order valence-corrected chi connectivity index (χ2v) is 6.86. The first kappa shape index (κ1) is 16.2. The van der Waals surface area contributed by atoms with Crippen molar-refractivity contribution in [3.8, 4) is 0 Å². The van der Waals surface area contributed by atoms with E-state index in [0.29, 0.717) is 6.04 Å². The Balaban J connectivity index is 1.51. The smallest absolute Gasteiger partial charge is 0.410 e. The molecule has 2 aromatic rings. The summed E-state index contributed by atoms with van der Waals surface area (Å²) in [6.07, 6.45) is 1.86. The van der Waals surface area contributed by atoms with Gasteiger partial charge in [-0.2, -0.15) is 0 Å². The van der Waals surface area contributed by atoms with E-state index in [0.717, 1.165) is 30.8 Å². The number of ether oxygens (including phenoxy) is 1. The number of hydrogen-bond acceptors (Lipinski definition) is 3. The molecule has 0 radical (unpaired) electrons. The average molecular weight is 336 g/mol. The van der Waals surface area contributed by atoms with Crippen LogP contribution in [-0.4, -0.2) is 48.1 Å². The van der Waals surface area contributed by atoms with Crippen LogP contribution in [0.5, 0.6) is 0 Å². The molecule has 0 saturated carbocycles. The lowest BCUT2D eigenvalue weighted by Gasteiger charge is -2.37. The largest absolute Gasteiger partial charge is 0.436 e. The summed E-state index contributed by atoms with van der Waals surface area (Å²) in [6.45, 7) is 3.67. The van der Waals surface area contributed by atoms with E-state index >= 15 is 0 Å². The first-order chi connectivity index (χ1) is 12.3. The first-order valence-corrected chi connectivity index (χ1v) is 9.11. The maximum Gasteiger partial charge on any atom is 0.410 e. The van der Waals surface area contributed by atoms with Gasteiger partial charge in [-0.1, -0.05) is 60.7 Å². The number of nitrogens with zero attached hydrogens (tertiary/aromatic N) is 2. The monoisotopic (exact) mass is 336 g/mol. The number of carbonyl (C=O) groups excluding carboxylic acids is 1. The average Bonchev–Trinajstić information content (AvgIpc) is 3.15. The second kappa shape index (κ2) is 7.28. The molecule has 2 fully saturated rings. The summed E-state index contributed by atoms with van der Waals surface area (Å²) in [5.41, 5.74) is 2.00. The van der Waals surface area contributed by atoms with Crippen molar-refractivity contribution in [1.82, 2.24) is 9.80 Å². The molecule has 0 aromatic heterocycles. The number of carbonyl (C=O) groups is 1. The van der Waals surface area contributed by atoms with Crippen LogP contribution in [0.4, 0.5) is 4.79 Å². The van der Waals surface area contributed by atoms with Crippen molar-refractivity contribution in [1.29, 1.82) is 0 Å². The zero-order chi connectivity index (χ0) is 17.1. The van der Waals surface area contributed by atoms with Gasteiger partial charge in [0.15, 0.2) is 6.10 Å². The molecule has 0 spiro atoms. The van der Waals surface area contributed by atoms with Gasteiger partial charge < -0.3 is 9.64 Å². The zero-order valence-corrected chi connectivity index (χ0v) is 14.4. The van der Waals surface area contributed by atoms with Gasteiger partial charge in [-0.05, 0) is 30.5 Å². The van der Waals surface area contributed by atoms with E-state index in [1.165, 1.54) is 19.4 Å². The van der Waals surface area contributed by atoms with Crippen molar-refractivity contribution in [3.63, 3.8) is 0 Å². The lowest BCUT2D eigenvalue weighted by atomic mass is 10.0. The van der Waals surface area contributed by atoms with Gasteiger partial charge >= 0.3 is 6.09 Å². The molecule has 1 unspecified atom stereocenters. The lowest BCUT2D eigenvalue weighted by Crippen LogP contribution is -2.52. The molecular formula is C21H24N2O2. The minimum absolute atomic E-state index is 0.204. The van der Waals surface area contributed by atoms with Crippen LogP contribution in [0.2, 0.25) is 0 Å². The van der Waals surface area contributed by atoms with Gasteiger partial charge in [-0.15, -0.1) is 0 Å². The van der Waals surface area contributed by atoms with Crippen molar-refractivity contribution in [2.75, 3.05) is 26.2 Å². The minimum Gasteiger partial charge on any atom is -0.436 e. The van der Waals surface area contributed by atoms with Crippen LogP contribution in [0, 0.1) is 0 Å². The Kier molecular flexibility index (Phi) is 4.70. The third-order valence-electron chi connectivity index (χ3n) is 5.27. The molecule has 4 rings (SSSR count). The second-order valence-electron chi connectivity index (χ2n) is 6.86. The number of rotatable bonds is 3. The molecule has 1 amide bonds. The van der Waals surface area contributed by atoms with Gasteiger partial charge in [0.2, 0.25) is 0 Å². The van der Waals surface area contributed by atoms with Crippen LogP contribution in [0.3, 0.4) is 0 Å². The highest BCUT2D eigenvalue weighted by molar-refractivity contribution is 5.68. The van der Waals surface area contributed by atoms with E-state index in [4.69, 9.17) is 4.74 Å². The molecular weight excluding hydrogens is 312 g/mol. The van der Waals surface area contributed by atoms with Crippen LogP contribution in [0.1, 0.15) is 30.1 Å². The standard InChI is InChI=1S/C21H24N2O2/c24-21(23-15-14-22-13-7-12-19(22)16-23)25-20(17-8-3-1-4-9-17)18-10-5-2-6-11-18/h1-6,8-11,19-20H,7,12-16H2. The number of hydrogen-bond donors (Lipinski definition) is 0. The number of fused-ring (bicyclic) bond motifs is 1. The molecule has 4 heteroatoms. The first-order valence-electron chi connectivity index (χ1n) is 9.11. The van der Waals surface area contributed by atoms with E-state index in [1.54, 1.807) is 0 Å². The Morgan fingerprint density at radius 1 is 0.920 bits per heavy atom. The summed E-state index contributed by atoms with van der Waals surface area (Å²) < 4.78 is 5.98. The summed E-state index contributed by atoms with van der Waals surface area (Å²) in [5, 5.41) is 0. The topological polar surface area (TPSA) is 32.8 Å². The van der Waals surface area contributed by atoms with Crippen LogP contribution < -0.4 is 0 Å². The van der Waals surface area contributed by atoms with Gasteiger partial charge in [0, 0.05) is 25.7 Å². The Morgan fingerprint density at radius 3 is 2.20 bits per heavy atom. The molecule has 2 aliphatic heterocycles. The summed E-state index contributed by atoms with van der Waals surface area (Å²) in [7, 11) is 0. The Labute approximate surface area is 149 Å². The lowest BCUT2D eigenvalue weighted by molar-refractivity contribution is 0.0480.